The fourth-order valence-corrected chi connectivity index (χ4v) is 4.73. The lowest BCUT2D eigenvalue weighted by molar-refractivity contribution is -0.0869. The second-order valence-corrected chi connectivity index (χ2v) is 7.16. The predicted octanol–water partition coefficient (Wildman–Crippen LogP) is 3.69. The first-order chi connectivity index (χ1) is 10.6. The van der Waals surface area contributed by atoms with Crippen LogP contribution in [0.4, 0.5) is 0 Å². The van der Waals surface area contributed by atoms with Crippen LogP contribution in [0.15, 0.2) is 18.2 Å². The van der Waals surface area contributed by atoms with Gasteiger partial charge in [-0.05, 0) is 74.9 Å². The number of fused-ring (bicyclic) bond motifs is 3. The lowest BCUT2D eigenvalue weighted by atomic mass is 9.53. The zero-order chi connectivity index (χ0) is 15.6. The van der Waals surface area contributed by atoms with Gasteiger partial charge in [0.15, 0.2) is 0 Å². The first kappa shape index (κ1) is 18.6. The number of aliphatic hydroxyl groups is 1. The molecule has 0 amide bonds. The lowest BCUT2D eigenvalue weighted by Gasteiger charge is -2.55. The molecule has 1 saturated carbocycles. The van der Waals surface area contributed by atoms with Gasteiger partial charge in [0.2, 0.25) is 0 Å². The molecule has 0 saturated heterocycles. The summed E-state index contributed by atoms with van der Waals surface area (Å²) in [7, 11) is 0. The number of hydrogen-bond acceptors (Lipinski definition) is 3. The van der Waals surface area contributed by atoms with Gasteiger partial charge < -0.3 is 15.5 Å². The second kappa shape index (κ2) is 7.42. The Kier molecular flexibility index (Phi) is 5.99. The van der Waals surface area contributed by atoms with E-state index >= 15 is 0 Å². The molecule has 0 aromatic heterocycles. The standard InChI is InChI=1S/C19H29NO2.ClH/c1-2-12-20-13-11-18-8-3-4-9-19(18,22)10-7-15-5-6-16(21)14-17(15)18;/h5-6,14,20-22H,2-4,7-13H2,1H3;1H/t18-,19+;/m1./s1. The number of aromatic hydroxyl groups is 1. The molecule has 3 nitrogen and oxygen atoms in total. The molecule has 23 heavy (non-hydrogen) atoms. The van der Waals surface area contributed by atoms with E-state index < -0.39 is 5.60 Å². The number of phenols is 1. The molecule has 4 heteroatoms. The fraction of sp³-hybridized carbons (Fsp3) is 0.684. The number of rotatable bonds is 5. The summed E-state index contributed by atoms with van der Waals surface area (Å²) in [6, 6.07) is 5.76. The van der Waals surface area contributed by atoms with Gasteiger partial charge in [-0.3, -0.25) is 0 Å². The highest BCUT2D eigenvalue weighted by atomic mass is 35.5. The molecule has 0 spiro atoms. The molecule has 3 N–H and O–H groups in total. The Hall–Kier alpha value is -0.770. The van der Waals surface area contributed by atoms with Crippen LogP contribution in [0.1, 0.15) is 63.0 Å². The molecule has 0 aliphatic heterocycles. The van der Waals surface area contributed by atoms with E-state index in [0.29, 0.717) is 5.75 Å². The minimum atomic E-state index is -0.597. The van der Waals surface area contributed by atoms with Gasteiger partial charge in [-0.15, -0.1) is 12.4 Å². The van der Waals surface area contributed by atoms with E-state index in [0.717, 1.165) is 58.0 Å². The van der Waals surface area contributed by atoms with Crippen LogP contribution in [0.2, 0.25) is 0 Å². The Balaban J connectivity index is 0.00000192. The van der Waals surface area contributed by atoms with Crippen molar-refractivity contribution in [3.8, 4) is 5.75 Å². The van der Waals surface area contributed by atoms with Crippen molar-refractivity contribution in [2.24, 2.45) is 0 Å². The molecule has 0 radical (unpaired) electrons. The summed E-state index contributed by atoms with van der Waals surface area (Å²) >= 11 is 0. The molecule has 2 aliphatic carbocycles. The van der Waals surface area contributed by atoms with Gasteiger partial charge in [0.25, 0.3) is 0 Å². The smallest absolute Gasteiger partial charge is 0.115 e. The number of hydrogen-bond donors (Lipinski definition) is 3. The SMILES string of the molecule is CCCNCC[C@@]12CCCC[C@]1(O)CCc1ccc(O)cc12.Cl. The van der Waals surface area contributed by atoms with Crippen molar-refractivity contribution in [1.82, 2.24) is 5.32 Å². The van der Waals surface area contributed by atoms with E-state index in [2.05, 4.69) is 18.3 Å². The summed E-state index contributed by atoms with van der Waals surface area (Å²) in [5.41, 5.74) is 1.75. The molecular weight excluding hydrogens is 310 g/mol. The Bertz CT molecular complexity index is 536. The van der Waals surface area contributed by atoms with Gasteiger partial charge in [-0.1, -0.05) is 25.8 Å². The topological polar surface area (TPSA) is 52.5 Å². The van der Waals surface area contributed by atoms with E-state index in [1.165, 1.54) is 17.5 Å². The zero-order valence-electron chi connectivity index (χ0n) is 14.1. The molecule has 130 valence electrons. The Labute approximate surface area is 145 Å². The summed E-state index contributed by atoms with van der Waals surface area (Å²) in [6.45, 7) is 4.14. The largest absolute Gasteiger partial charge is 0.508 e. The monoisotopic (exact) mass is 339 g/mol. The second-order valence-electron chi connectivity index (χ2n) is 7.16. The highest BCUT2D eigenvalue weighted by molar-refractivity contribution is 5.85. The summed E-state index contributed by atoms with van der Waals surface area (Å²) in [5, 5.41) is 24.9. The molecule has 3 rings (SSSR count). The van der Waals surface area contributed by atoms with Gasteiger partial charge in [0.1, 0.15) is 5.75 Å². The Morgan fingerprint density at radius 2 is 1.91 bits per heavy atom. The van der Waals surface area contributed by atoms with Crippen molar-refractivity contribution in [1.29, 1.82) is 0 Å². The maximum atomic E-state index is 11.4. The van der Waals surface area contributed by atoms with Crippen molar-refractivity contribution in [2.75, 3.05) is 13.1 Å². The van der Waals surface area contributed by atoms with Crippen molar-refractivity contribution in [3.05, 3.63) is 29.3 Å². The van der Waals surface area contributed by atoms with Crippen molar-refractivity contribution in [2.45, 2.75) is 69.3 Å². The number of phenolic OH excluding ortho intramolecular Hbond substituents is 1. The average Bonchev–Trinajstić information content (AvgIpc) is 2.52. The van der Waals surface area contributed by atoms with E-state index in [-0.39, 0.29) is 17.8 Å². The van der Waals surface area contributed by atoms with Gasteiger partial charge >= 0.3 is 0 Å². The van der Waals surface area contributed by atoms with E-state index in [1.807, 2.05) is 6.07 Å². The first-order valence-corrected chi connectivity index (χ1v) is 8.87. The minimum Gasteiger partial charge on any atom is -0.508 e. The van der Waals surface area contributed by atoms with Gasteiger partial charge in [0.05, 0.1) is 5.60 Å². The van der Waals surface area contributed by atoms with E-state index in [9.17, 15) is 10.2 Å². The number of aryl methyl sites for hydroxylation is 1. The normalized spacial score (nSPS) is 29.3. The van der Waals surface area contributed by atoms with Crippen LogP contribution in [0.5, 0.6) is 5.75 Å². The maximum absolute atomic E-state index is 11.4. The van der Waals surface area contributed by atoms with Gasteiger partial charge in [-0.25, -0.2) is 0 Å². The molecule has 2 atom stereocenters. The summed E-state index contributed by atoms with van der Waals surface area (Å²) in [4.78, 5) is 0. The molecule has 0 bridgehead atoms. The van der Waals surface area contributed by atoms with Crippen molar-refractivity contribution >= 4 is 12.4 Å². The minimum absolute atomic E-state index is 0. The van der Waals surface area contributed by atoms with E-state index in [4.69, 9.17) is 0 Å². The average molecular weight is 340 g/mol. The molecule has 2 aliphatic rings. The van der Waals surface area contributed by atoms with Crippen molar-refractivity contribution in [3.63, 3.8) is 0 Å². The van der Waals surface area contributed by atoms with Crippen LogP contribution >= 0.6 is 12.4 Å². The van der Waals surface area contributed by atoms with Crippen LogP contribution < -0.4 is 5.32 Å². The molecular formula is C19H30ClNO2. The number of benzene rings is 1. The molecule has 0 heterocycles. The van der Waals surface area contributed by atoms with E-state index in [1.54, 1.807) is 6.07 Å². The van der Waals surface area contributed by atoms with Crippen LogP contribution in [-0.2, 0) is 11.8 Å². The van der Waals surface area contributed by atoms with Gasteiger partial charge in [-0.2, -0.15) is 0 Å². The van der Waals surface area contributed by atoms with Crippen LogP contribution in [-0.4, -0.2) is 28.9 Å². The third-order valence-corrected chi connectivity index (χ3v) is 5.91. The summed E-state index contributed by atoms with van der Waals surface area (Å²) in [6.07, 6.45) is 8.10. The highest BCUT2D eigenvalue weighted by Gasteiger charge is 2.54. The highest BCUT2D eigenvalue weighted by Crippen LogP contribution is 2.55. The lowest BCUT2D eigenvalue weighted by Crippen LogP contribution is -2.57. The number of nitrogens with one attached hydrogen (secondary N) is 1. The Morgan fingerprint density at radius 1 is 1.13 bits per heavy atom. The Morgan fingerprint density at radius 3 is 2.70 bits per heavy atom. The molecule has 1 aromatic rings. The summed E-state index contributed by atoms with van der Waals surface area (Å²) in [5.74, 6) is 0.328. The summed E-state index contributed by atoms with van der Waals surface area (Å²) < 4.78 is 0. The van der Waals surface area contributed by atoms with Crippen molar-refractivity contribution < 1.29 is 10.2 Å². The first-order valence-electron chi connectivity index (χ1n) is 8.87. The van der Waals surface area contributed by atoms with Gasteiger partial charge in [0, 0.05) is 5.41 Å². The quantitative estimate of drug-likeness (QED) is 0.717. The molecule has 1 aromatic carbocycles. The third-order valence-electron chi connectivity index (χ3n) is 5.91. The third kappa shape index (κ3) is 3.24. The van der Waals surface area contributed by atoms with Crippen LogP contribution in [0, 0.1) is 0 Å². The predicted molar refractivity (Wildman–Crippen MR) is 96.5 cm³/mol. The molecule has 1 fully saturated rings. The zero-order valence-corrected chi connectivity index (χ0v) is 14.9. The molecule has 0 unspecified atom stereocenters. The maximum Gasteiger partial charge on any atom is 0.115 e. The van der Waals surface area contributed by atoms with Crippen LogP contribution in [0.3, 0.4) is 0 Å². The fourth-order valence-electron chi connectivity index (χ4n) is 4.73. The number of halogens is 1. The van der Waals surface area contributed by atoms with Crippen LogP contribution in [0.25, 0.3) is 0 Å².